The highest BCUT2D eigenvalue weighted by atomic mass is 32.1. The Morgan fingerprint density at radius 1 is 1.33 bits per heavy atom. The van der Waals surface area contributed by atoms with Crippen molar-refractivity contribution in [2.45, 2.75) is 38.0 Å². The van der Waals surface area contributed by atoms with Gasteiger partial charge in [-0.15, -0.1) is 11.3 Å². The number of pyridine rings is 1. The van der Waals surface area contributed by atoms with Gasteiger partial charge in [0.2, 0.25) is 0 Å². The third-order valence-electron chi connectivity index (χ3n) is 6.41. The molecule has 7 nitrogen and oxygen atoms in total. The molecule has 0 saturated carbocycles. The molecule has 39 heavy (non-hydrogen) atoms. The number of nitrogens with zero attached hydrogens (tertiary/aromatic N) is 3. The summed E-state index contributed by atoms with van der Waals surface area (Å²) >= 11 is 1.26. The van der Waals surface area contributed by atoms with Crippen LogP contribution in [0.4, 0.5) is 19.0 Å². The number of carbonyl (C=O) groups is 1. The summed E-state index contributed by atoms with van der Waals surface area (Å²) in [6.07, 6.45) is 0.339. The zero-order chi connectivity index (χ0) is 28.4. The second kappa shape index (κ2) is 11.1. The Balaban J connectivity index is 1.68. The number of aliphatic hydroxyl groups is 1. The molecule has 1 unspecified atom stereocenters. The molecular weight excluding hydrogens is 529 g/mol. The first-order valence-electron chi connectivity index (χ1n) is 12.0. The second-order valence-corrected chi connectivity index (χ2v) is 10.0. The van der Waals surface area contributed by atoms with Gasteiger partial charge in [-0.3, -0.25) is 4.99 Å². The Bertz CT molecular complexity index is 1480. The summed E-state index contributed by atoms with van der Waals surface area (Å²) in [6.45, 7) is 5.07. The fraction of sp³-hybridized carbons (Fsp3) is 0.286. The molecule has 2 N–H and O–H groups in total. The molecule has 4 rings (SSSR count). The van der Waals surface area contributed by atoms with E-state index < -0.39 is 23.3 Å². The maximum atomic E-state index is 13.2. The number of nitrogens with one attached hydrogen (secondary N) is 1. The SMILES string of the molecule is C=CC(=CC(=NC)Nc1cc(C)cc(-c2cnc(C3(O)CCCc4c(C(=O)OC)cccc43)s2)n1)C(F)(F)F. The molecule has 0 aliphatic heterocycles. The van der Waals surface area contributed by atoms with Gasteiger partial charge < -0.3 is 15.2 Å². The van der Waals surface area contributed by atoms with Crippen molar-refractivity contribution >= 4 is 29.0 Å². The smallest absolute Gasteiger partial charge is 0.416 e. The standard InChI is InChI=1S/C28H27F3N4O3S/c1-5-17(28(29,30)31)14-23(32-3)35-24-13-16(2)12-21(34-24)22-15-33-26(39-22)27(37)11-7-9-18-19(25(36)38-4)8-6-10-20(18)27/h5-6,8,10,12-15,37H,1,7,9,11H2,2-4H3,(H,32,34,35). The maximum Gasteiger partial charge on any atom is 0.416 e. The average Bonchev–Trinajstić information content (AvgIpc) is 3.41. The first kappa shape index (κ1) is 28.2. The van der Waals surface area contributed by atoms with Gasteiger partial charge in [0.1, 0.15) is 22.3 Å². The van der Waals surface area contributed by atoms with Crippen LogP contribution in [-0.4, -0.2) is 47.2 Å². The number of amidine groups is 1. The van der Waals surface area contributed by atoms with Crippen molar-refractivity contribution in [1.29, 1.82) is 0 Å². The Kier molecular flexibility index (Phi) is 8.03. The number of anilines is 1. The lowest BCUT2D eigenvalue weighted by Crippen LogP contribution is -2.32. The number of aryl methyl sites for hydroxylation is 1. The molecule has 204 valence electrons. The molecule has 1 aliphatic carbocycles. The van der Waals surface area contributed by atoms with Crippen molar-refractivity contribution in [3.05, 3.63) is 88.1 Å². The van der Waals surface area contributed by atoms with Gasteiger partial charge >= 0.3 is 12.1 Å². The number of hydrogen-bond acceptors (Lipinski definition) is 7. The zero-order valence-corrected chi connectivity index (χ0v) is 22.4. The highest BCUT2D eigenvalue weighted by Gasteiger charge is 2.40. The number of aliphatic imine (C=N–C) groups is 1. The number of benzene rings is 1. The van der Waals surface area contributed by atoms with E-state index in [2.05, 4.69) is 26.9 Å². The van der Waals surface area contributed by atoms with Crippen LogP contribution in [0.1, 0.15) is 44.9 Å². The predicted molar refractivity (Wildman–Crippen MR) is 145 cm³/mol. The topological polar surface area (TPSA) is 96.7 Å². The van der Waals surface area contributed by atoms with Gasteiger partial charge in [-0.2, -0.15) is 13.2 Å². The number of methoxy groups -OCH3 is 1. The maximum absolute atomic E-state index is 13.2. The number of thiazole rings is 1. The number of allylic oxidation sites excluding steroid dienone is 2. The number of esters is 1. The number of fused-ring (bicyclic) bond motifs is 1. The summed E-state index contributed by atoms with van der Waals surface area (Å²) in [5, 5.41) is 15.1. The molecular formula is C28H27F3N4O3S. The molecule has 1 aromatic carbocycles. The highest BCUT2D eigenvalue weighted by molar-refractivity contribution is 7.15. The van der Waals surface area contributed by atoms with Crippen LogP contribution in [-0.2, 0) is 16.8 Å². The zero-order valence-electron chi connectivity index (χ0n) is 21.6. The van der Waals surface area contributed by atoms with Crippen LogP contribution in [0.5, 0.6) is 0 Å². The fourth-order valence-electron chi connectivity index (χ4n) is 4.56. The van der Waals surface area contributed by atoms with Crippen molar-refractivity contribution in [2.24, 2.45) is 4.99 Å². The number of hydrogen-bond donors (Lipinski definition) is 2. The summed E-state index contributed by atoms with van der Waals surface area (Å²) in [7, 11) is 2.69. The molecule has 3 aromatic rings. The lowest BCUT2D eigenvalue weighted by atomic mass is 9.77. The molecule has 0 radical (unpaired) electrons. The summed E-state index contributed by atoms with van der Waals surface area (Å²) in [6, 6.07) is 8.70. The van der Waals surface area contributed by atoms with Crippen molar-refractivity contribution in [3.63, 3.8) is 0 Å². The third kappa shape index (κ3) is 5.79. The van der Waals surface area contributed by atoms with Crippen LogP contribution in [0.25, 0.3) is 10.6 Å². The van der Waals surface area contributed by atoms with E-state index in [1.54, 1.807) is 30.5 Å². The molecule has 11 heteroatoms. The van der Waals surface area contributed by atoms with Crippen molar-refractivity contribution in [2.75, 3.05) is 19.5 Å². The van der Waals surface area contributed by atoms with Crippen molar-refractivity contribution < 1.29 is 27.8 Å². The van der Waals surface area contributed by atoms with Crippen LogP contribution in [0.2, 0.25) is 0 Å². The Labute approximate surface area is 227 Å². The van der Waals surface area contributed by atoms with Crippen LogP contribution in [0, 0.1) is 6.92 Å². The van der Waals surface area contributed by atoms with Gasteiger partial charge in [0.05, 0.1) is 28.8 Å². The van der Waals surface area contributed by atoms with Crippen LogP contribution in [0.3, 0.4) is 0 Å². The number of ether oxygens (including phenoxy) is 1. The summed E-state index contributed by atoms with van der Waals surface area (Å²) in [5.41, 5.74) is 0.796. The van der Waals surface area contributed by atoms with Crippen LogP contribution in [0.15, 0.2) is 65.8 Å². The first-order chi connectivity index (χ1) is 18.5. The van der Waals surface area contributed by atoms with Gasteiger partial charge in [0.15, 0.2) is 0 Å². The van der Waals surface area contributed by atoms with Crippen LogP contribution >= 0.6 is 11.3 Å². The van der Waals surface area contributed by atoms with Crippen LogP contribution < -0.4 is 5.32 Å². The van der Waals surface area contributed by atoms with E-state index in [-0.39, 0.29) is 5.84 Å². The molecule has 0 bridgehead atoms. The molecule has 1 atom stereocenters. The van der Waals surface area contributed by atoms with E-state index in [1.807, 2.05) is 13.0 Å². The number of aromatic nitrogens is 2. The third-order valence-corrected chi connectivity index (χ3v) is 7.58. The minimum Gasteiger partial charge on any atom is -0.465 e. The summed E-state index contributed by atoms with van der Waals surface area (Å²) in [5.74, 6) is -0.196. The number of alkyl halides is 3. The molecule has 0 fully saturated rings. The first-order valence-corrected chi connectivity index (χ1v) is 12.9. The van der Waals surface area contributed by atoms with Gasteiger partial charge in [-0.05, 0) is 67.2 Å². The van der Waals surface area contributed by atoms with E-state index in [4.69, 9.17) is 4.74 Å². The second-order valence-electron chi connectivity index (χ2n) is 9.02. The molecule has 0 amide bonds. The van der Waals surface area contributed by atoms with Gasteiger partial charge in [-0.25, -0.2) is 14.8 Å². The van der Waals surface area contributed by atoms with E-state index in [0.717, 1.165) is 23.3 Å². The number of halogens is 3. The van der Waals surface area contributed by atoms with Gasteiger partial charge in [0, 0.05) is 13.2 Å². The minimum absolute atomic E-state index is 0.0363. The lowest BCUT2D eigenvalue weighted by Gasteiger charge is -2.33. The Morgan fingerprint density at radius 3 is 2.77 bits per heavy atom. The van der Waals surface area contributed by atoms with E-state index in [0.29, 0.717) is 51.8 Å². The average molecular weight is 557 g/mol. The fourth-order valence-corrected chi connectivity index (χ4v) is 5.56. The Morgan fingerprint density at radius 2 is 2.10 bits per heavy atom. The highest BCUT2D eigenvalue weighted by Crippen LogP contribution is 2.44. The molecule has 0 saturated heterocycles. The van der Waals surface area contributed by atoms with Gasteiger partial charge in [-0.1, -0.05) is 24.8 Å². The van der Waals surface area contributed by atoms with E-state index in [1.165, 1.54) is 25.5 Å². The largest absolute Gasteiger partial charge is 0.465 e. The van der Waals surface area contributed by atoms with E-state index >= 15 is 0 Å². The quantitative estimate of drug-likeness (QED) is 0.168. The Hall–Kier alpha value is -3.83. The minimum atomic E-state index is -4.57. The molecule has 2 aromatic heterocycles. The van der Waals surface area contributed by atoms with Crippen molar-refractivity contribution in [3.8, 4) is 10.6 Å². The number of carbonyl (C=O) groups excluding carboxylic acids is 1. The summed E-state index contributed by atoms with van der Waals surface area (Å²) < 4.78 is 44.5. The number of rotatable bonds is 6. The monoisotopic (exact) mass is 556 g/mol. The van der Waals surface area contributed by atoms with Gasteiger partial charge in [0.25, 0.3) is 0 Å². The lowest BCUT2D eigenvalue weighted by molar-refractivity contribution is -0.0880. The predicted octanol–water partition coefficient (Wildman–Crippen LogP) is 5.99. The molecule has 2 heterocycles. The molecule has 1 aliphatic rings. The summed E-state index contributed by atoms with van der Waals surface area (Å²) in [4.78, 5) is 25.9. The normalized spacial score (nSPS) is 17.9. The molecule has 0 spiro atoms. The van der Waals surface area contributed by atoms with Crippen molar-refractivity contribution in [1.82, 2.24) is 9.97 Å². The van der Waals surface area contributed by atoms with E-state index in [9.17, 15) is 23.1 Å².